The van der Waals surface area contributed by atoms with Gasteiger partial charge in [0.1, 0.15) is 18.3 Å². The number of hydrogen-bond donors (Lipinski definition) is 4. The van der Waals surface area contributed by atoms with Gasteiger partial charge in [-0.2, -0.15) is 0 Å². The largest absolute Gasteiger partial charge is 0.412 e. The molecule has 0 aromatic heterocycles. The third-order valence-electron chi connectivity index (χ3n) is 1.07. The predicted molar refractivity (Wildman–Crippen MR) is 34.8 cm³/mol. The summed E-state index contributed by atoms with van der Waals surface area (Å²) in [6, 6.07) is 0. The summed E-state index contributed by atoms with van der Waals surface area (Å²) in [6.45, 7) is -0.688. The van der Waals surface area contributed by atoms with Crippen molar-refractivity contribution in [2.24, 2.45) is 0 Å². The molecule has 6 nitrogen and oxygen atoms in total. The van der Waals surface area contributed by atoms with E-state index in [-0.39, 0.29) is 11.8 Å². The fraction of sp³-hybridized carbons (Fsp3) is 0.800. The molecule has 3 atom stereocenters. The Hall–Kier alpha value is -0.530. The maximum atomic E-state index is 9.76. The Kier molecular flexibility index (Phi) is 7.37. The molecule has 6 N–H and O–H groups in total. The van der Waals surface area contributed by atoms with E-state index in [1.807, 2.05) is 0 Å². The van der Waals surface area contributed by atoms with E-state index in [4.69, 9.17) is 20.4 Å². The van der Waals surface area contributed by atoms with Crippen LogP contribution in [-0.2, 0) is 4.79 Å². The molecule has 0 aromatic rings. The first-order valence-electron chi connectivity index (χ1n) is 2.73. The lowest BCUT2D eigenvalue weighted by atomic mass is 10.1. The van der Waals surface area contributed by atoms with Gasteiger partial charge in [-0.25, -0.2) is 0 Å². The zero-order chi connectivity index (χ0) is 8.15. The van der Waals surface area contributed by atoms with Crippen LogP contribution in [0.3, 0.4) is 0 Å². The molecule has 0 saturated heterocycles. The zero-order valence-corrected chi connectivity index (χ0v) is 5.71. The topological polar surface area (TPSA) is 129 Å². The second-order valence-corrected chi connectivity index (χ2v) is 1.87. The average molecular weight is 168 g/mol. The van der Waals surface area contributed by atoms with Gasteiger partial charge >= 0.3 is 0 Å². The van der Waals surface area contributed by atoms with E-state index in [0.29, 0.717) is 0 Å². The van der Waals surface area contributed by atoms with Crippen LogP contribution in [0.5, 0.6) is 0 Å². The summed E-state index contributed by atoms with van der Waals surface area (Å²) in [6.07, 6.45) is -4.63. The Morgan fingerprint density at radius 2 is 1.73 bits per heavy atom. The first-order valence-corrected chi connectivity index (χ1v) is 2.73. The van der Waals surface area contributed by atoms with Crippen LogP contribution in [0, 0.1) is 0 Å². The van der Waals surface area contributed by atoms with Gasteiger partial charge in [0.25, 0.3) is 0 Å². The fourth-order valence-corrected chi connectivity index (χ4v) is 0.416. The maximum Gasteiger partial charge on any atom is 0.151 e. The predicted octanol–water partition coefficient (Wildman–Crippen LogP) is -3.56. The lowest BCUT2D eigenvalue weighted by Crippen LogP contribution is -2.40. The highest BCUT2D eigenvalue weighted by Gasteiger charge is 2.22. The molecule has 0 fully saturated rings. The molecule has 3 unspecified atom stereocenters. The maximum absolute atomic E-state index is 9.76. The Morgan fingerprint density at radius 3 is 2.00 bits per heavy atom. The first-order chi connectivity index (χ1) is 4.63. The van der Waals surface area contributed by atoms with Gasteiger partial charge in [-0.1, -0.05) is 0 Å². The number of carbonyl (C=O) groups excluding carboxylic acids is 1. The molecule has 0 bridgehead atoms. The van der Waals surface area contributed by atoms with E-state index in [0.717, 1.165) is 0 Å². The second-order valence-electron chi connectivity index (χ2n) is 1.87. The van der Waals surface area contributed by atoms with Crippen molar-refractivity contribution in [3.8, 4) is 0 Å². The smallest absolute Gasteiger partial charge is 0.151 e. The molecule has 0 aliphatic carbocycles. The van der Waals surface area contributed by atoms with Crippen LogP contribution < -0.4 is 0 Å². The van der Waals surface area contributed by atoms with Crippen molar-refractivity contribution >= 4 is 6.29 Å². The standard InChI is InChI=1S/C5H10O5.H2O/c6-1-3(8)5(10)4(9)2-7;/h1,3-5,7-10H,2H2;1H2. The third kappa shape index (κ3) is 4.02. The van der Waals surface area contributed by atoms with Gasteiger partial charge in [0.05, 0.1) is 6.61 Å². The van der Waals surface area contributed by atoms with Crippen molar-refractivity contribution in [3.05, 3.63) is 0 Å². The van der Waals surface area contributed by atoms with Crippen LogP contribution in [0.25, 0.3) is 0 Å². The number of hydrogen-bond acceptors (Lipinski definition) is 5. The summed E-state index contributed by atoms with van der Waals surface area (Å²) in [5.41, 5.74) is 0. The van der Waals surface area contributed by atoms with Gasteiger partial charge < -0.3 is 30.7 Å². The molecule has 0 spiro atoms. The van der Waals surface area contributed by atoms with Gasteiger partial charge in [-0.3, -0.25) is 0 Å². The number of carbonyl (C=O) groups is 1. The molecule has 0 aliphatic rings. The third-order valence-corrected chi connectivity index (χ3v) is 1.07. The molecule has 0 radical (unpaired) electrons. The van der Waals surface area contributed by atoms with Crippen LogP contribution in [0.15, 0.2) is 0 Å². The molecule has 6 heteroatoms. The fourth-order valence-electron chi connectivity index (χ4n) is 0.416. The van der Waals surface area contributed by atoms with Crippen molar-refractivity contribution in [2.75, 3.05) is 6.61 Å². The van der Waals surface area contributed by atoms with Crippen molar-refractivity contribution in [2.45, 2.75) is 18.3 Å². The molecule has 11 heavy (non-hydrogen) atoms. The van der Waals surface area contributed by atoms with Gasteiger partial charge in [0, 0.05) is 0 Å². The van der Waals surface area contributed by atoms with E-state index in [1.165, 1.54) is 0 Å². The van der Waals surface area contributed by atoms with Gasteiger partial charge in [0.15, 0.2) is 6.29 Å². The minimum atomic E-state index is -1.64. The molecule has 0 saturated carbocycles. The summed E-state index contributed by atoms with van der Waals surface area (Å²) in [7, 11) is 0. The number of aliphatic hydroxyl groups excluding tert-OH is 4. The Labute approximate surface area is 63.0 Å². The molecular weight excluding hydrogens is 156 g/mol. The minimum Gasteiger partial charge on any atom is -0.412 e. The molecule has 0 rings (SSSR count). The first kappa shape index (κ1) is 13.1. The molecular formula is C5H12O6. The highest BCUT2D eigenvalue weighted by atomic mass is 16.4. The number of aliphatic hydroxyl groups is 4. The van der Waals surface area contributed by atoms with Crippen LogP contribution in [-0.4, -0.2) is 57.1 Å². The highest BCUT2D eigenvalue weighted by molar-refractivity contribution is 5.56. The average Bonchev–Trinajstić information content (AvgIpc) is 2.00. The summed E-state index contributed by atoms with van der Waals surface area (Å²) < 4.78 is 0. The summed E-state index contributed by atoms with van der Waals surface area (Å²) in [4.78, 5) is 9.76. The Morgan fingerprint density at radius 1 is 1.27 bits per heavy atom. The van der Waals surface area contributed by atoms with Crippen molar-refractivity contribution in [1.82, 2.24) is 0 Å². The lowest BCUT2D eigenvalue weighted by molar-refractivity contribution is -0.127. The van der Waals surface area contributed by atoms with Crippen LogP contribution in [0.4, 0.5) is 0 Å². The number of aldehydes is 1. The van der Waals surface area contributed by atoms with E-state index < -0.39 is 24.9 Å². The molecule has 0 heterocycles. The molecule has 0 aromatic carbocycles. The molecule has 0 aliphatic heterocycles. The Balaban J connectivity index is 0. The van der Waals surface area contributed by atoms with Crippen LogP contribution in [0.1, 0.15) is 0 Å². The SMILES string of the molecule is O.O=CC(O)C(O)C(O)CO. The van der Waals surface area contributed by atoms with Crippen molar-refractivity contribution in [1.29, 1.82) is 0 Å². The Bertz CT molecular complexity index is 105. The van der Waals surface area contributed by atoms with E-state index >= 15 is 0 Å². The van der Waals surface area contributed by atoms with E-state index in [9.17, 15) is 4.79 Å². The van der Waals surface area contributed by atoms with Crippen molar-refractivity contribution in [3.63, 3.8) is 0 Å². The summed E-state index contributed by atoms with van der Waals surface area (Å²) in [5, 5.41) is 34.1. The molecule has 0 amide bonds. The molecule has 68 valence electrons. The number of rotatable bonds is 4. The lowest BCUT2D eigenvalue weighted by Gasteiger charge is -2.16. The van der Waals surface area contributed by atoms with E-state index in [2.05, 4.69) is 0 Å². The quantitative estimate of drug-likeness (QED) is 0.323. The summed E-state index contributed by atoms with van der Waals surface area (Å²) in [5.74, 6) is 0. The van der Waals surface area contributed by atoms with Crippen molar-refractivity contribution < 1.29 is 30.7 Å². The van der Waals surface area contributed by atoms with Gasteiger partial charge in [-0.05, 0) is 0 Å². The normalized spacial score (nSPS) is 17.8. The summed E-state index contributed by atoms with van der Waals surface area (Å²) >= 11 is 0. The monoisotopic (exact) mass is 168 g/mol. The van der Waals surface area contributed by atoms with E-state index in [1.54, 1.807) is 0 Å². The second kappa shape index (κ2) is 6.20. The van der Waals surface area contributed by atoms with Crippen LogP contribution >= 0.6 is 0 Å². The zero-order valence-electron chi connectivity index (χ0n) is 5.71. The van der Waals surface area contributed by atoms with Crippen LogP contribution in [0.2, 0.25) is 0 Å². The minimum absolute atomic E-state index is 0. The highest BCUT2D eigenvalue weighted by Crippen LogP contribution is 1.96. The van der Waals surface area contributed by atoms with Gasteiger partial charge in [0.2, 0.25) is 0 Å². The van der Waals surface area contributed by atoms with Gasteiger partial charge in [-0.15, -0.1) is 0 Å².